The lowest BCUT2D eigenvalue weighted by molar-refractivity contribution is -0.152. The molecule has 0 aromatic carbocycles. The van der Waals surface area contributed by atoms with Crippen molar-refractivity contribution >= 4 is 18.0 Å². The second-order valence-electron chi connectivity index (χ2n) is 8.38. The molecule has 0 bridgehead atoms. The van der Waals surface area contributed by atoms with Gasteiger partial charge in [-0.2, -0.15) is 0 Å². The zero-order valence-electron chi connectivity index (χ0n) is 20.5. The Bertz CT molecular complexity index is 615. The van der Waals surface area contributed by atoms with E-state index >= 15 is 0 Å². The first-order chi connectivity index (χ1) is 16.1. The monoisotopic (exact) mass is 466 g/mol. The Hall–Kier alpha value is -2.38. The topological polar surface area (TPSA) is 96.7 Å². The molecule has 0 spiro atoms. The Labute approximate surface area is 198 Å². The van der Waals surface area contributed by atoms with Crippen LogP contribution in [-0.4, -0.2) is 46.9 Å². The van der Waals surface area contributed by atoms with Crippen LogP contribution in [0.2, 0.25) is 0 Å². The van der Waals surface area contributed by atoms with Crippen LogP contribution in [0.1, 0.15) is 104 Å². The maximum atomic E-state index is 12.2. The van der Waals surface area contributed by atoms with Gasteiger partial charge in [0.05, 0.1) is 0 Å². The van der Waals surface area contributed by atoms with Crippen LogP contribution in [-0.2, 0) is 23.8 Å². The number of carbonyl (C=O) groups excluding carboxylic acids is 3. The maximum absolute atomic E-state index is 12.2. The summed E-state index contributed by atoms with van der Waals surface area (Å²) in [5.74, 6) is -0.680. The van der Waals surface area contributed by atoms with Gasteiger partial charge in [0.1, 0.15) is 19.5 Å². The third-order valence-electron chi connectivity index (χ3n) is 5.31. The minimum absolute atomic E-state index is 0.153. The molecule has 0 aliphatic rings. The van der Waals surface area contributed by atoms with Gasteiger partial charge in [-0.15, -0.1) is 0 Å². The van der Waals surface area contributed by atoms with E-state index in [-0.39, 0.29) is 25.2 Å². The van der Waals surface area contributed by atoms with Crippen molar-refractivity contribution in [3.05, 3.63) is 18.7 Å². The van der Waals surface area contributed by atoms with Crippen LogP contribution in [0.5, 0.6) is 0 Å². The molecule has 0 amide bonds. The highest BCUT2D eigenvalue weighted by Crippen LogP contribution is 2.10. The third-order valence-corrected chi connectivity index (χ3v) is 5.31. The van der Waals surface area contributed by atoms with Gasteiger partial charge in [-0.25, -0.2) is 14.3 Å². The van der Waals surface area contributed by atoms with Gasteiger partial charge in [-0.1, -0.05) is 78.1 Å². The molecule has 1 rings (SSSR count). The highest BCUT2D eigenvalue weighted by molar-refractivity contribution is 5.71. The lowest BCUT2D eigenvalue weighted by Crippen LogP contribution is -2.32. The SMILES string of the molecule is CCCCCCCCC(=O)OCC(COC(=O)CCCCCCCC)OC(=O)n1ccnc1. The second-order valence-corrected chi connectivity index (χ2v) is 8.38. The van der Waals surface area contributed by atoms with Gasteiger partial charge >= 0.3 is 18.0 Å². The Kier molecular flexibility index (Phi) is 16.6. The minimum Gasteiger partial charge on any atom is -0.462 e. The third kappa shape index (κ3) is 15.1. The quantitative estimate of drug-likeness (QED) is 0.144. The van der Waals surface area contributed by atoms with E-state index in [1.54, 1.807) is 0 Å². The van der Waals surface area contributed by atoms with Crippen molar-refractivity contribution in [2.75, 3.05) is 13.2 Å². The number of aromatic nitrogens is 2. The Morgan fingerprint density at radius 3 is 1.70 bits per heavy atom. The zero-order valence-corrected chi connectivity index (χ0v) is 20.5. The molecule has 8 heteroatoms. The summed E-state index contributed by atoms with van der Waals surface area (Å²) < 4.78 is 17.1. The second kappa shape index (κ2) is 19.1. The maximum Gasteiger partial charge on any atom is 0.419 e. The summed E-state index contributed by atoms with van der Waals surface area (Å²) in [4.78, 5) is 40.1. The molecule has 188 valence electrons. The standard InChI is InChI=1S/C25H42N2O6/c1-3-5-7-9-11-13-15-23(28)31-19-22(33-25(30)27-18-17-26-21-27)20-32-24(29)16-14-12-10-8-6-4-2/h17-18,21-22H,3-16,19-20H2,1-2H3. The van der Waals surface area contributed by atoms with E-state index in [0.717, 1.165) is 38.5 Å². The van der Waals surface area contributed by atoms with Crippen LogP contribution in [0, 0.1) is 0 Å². The number of rotatable bonds is 19. The normalized spacial score (nSPS) is 10.9. The summed E-state index contributed by atoms with van der Waals surface area (Å²) >= 11 is 0. The summed E-state index contributed by atoms with van der Waals surface area (Å²) in [6, 6.07) is 0. The molecule has 33 heavy (non-hydrogen) atoms. The van der Waals surface area contributed by atoms with E-state index in [0.29, 0.717) is 12.8 Å². The number of carbonyl (C=O) groups is 3. The van der Waals surface area contributed by atoms with Crippen molar-refractivity contribution in [2.24, 2.45) is 0 Å². The van der Waals surface area contributed by atoms with Crippen molar-refractivity contribution in [3.8, 4) is 0 Å². The first-order valence-electron chi connectivity index (χ1n) is 12.6. The Balaban J connectivity index is 2.37. The molecule has 1 aromatic rings. The highest BCUT2D eigenvalue weighted by Gasteiger charge is 2.20. The van der Waals surface area contributed by atoms with Crippen molar-refractivity contribution in [2.45, 2.75) is 110 Å². The predicted octanol–water partition coefficient (Wildman–Crippen LogP) is 5.82. The fourth-order valence-electron chi connectivity index (χ4n) is 3.30. The number of hydrogen-bond acceptors (Lipinski definition) is 7. The van der Waals surface area contributed by atoms with Crippen molar-refractivity contribution in [1.82, 2.24) is 9.55 Å². The molecule has 0 aliphatic carbocycles. The Morgan fingerprint density at radius 2 is 1.24 bits per heavy atom. The molecule has 0 atom stereocenters. The van der Waals surface area contributed by atoms with Crippen LogP contribution >= 0.6 is 0 Å². The molecule has 0 saturated carbocycles. The van der Waals surface area contributed by atoms with E-state index in [1.165, 1.54) is 61.8 Å². The van der Waals surface area contributed by atoms with Crippen molar-refractivity contribution in [1.29, 1.82) is 0 Å². The molecular formula is C25H42N2O6. The van der Waals surface area contributed by atoms with E-state index in [2.05, 4.69) is 18.8 Å². The number of hydrogen-bond donors (Lipinski definition) is 0. The number of ether oxygens (including phenoxy) is 3. The largest absolute Gasteiger partial charge is 0.462 e. The number of imidazole rings is 1. The van der Waals surface area contributed by atoms with Crippen molar-refractivity contribution in [3.63, 3.8) is 0 Å². The first-order valence-corrected chi connectivity index (χ1v) is 12.6. The predicted molar refractivity (Wildman–Crippen MR) is 126 cm³/mol. The molecule has 0 radical (unpaired) electrons. The average molecular weight is 467 g/mol. The highest BCUT2D eigenvalue weighted by atomic mass is 16.6. The van der Waals surface area contributed by atoms with Crippen LogP contribution in [0.3, 0.4) is 0 Å². The molecule has 0 unspecified atom stereocenters. The van der Waals surface area contributed by atoms with Crippen LogP contribution in [0.4, 0.5) is 4.79 Å². The summed E-state index contributed by atoms with van der Waals surface area (Å²) in [5.41, 5.74) is 0. The van der Waals surface area contributed by atoms with E-state index in [4.69, 9.17) is 14.2 Å². The molecule has 0 fully saturated rings. The Morgan fingerprint density at radius 1 is 0.758 bits per heavy atom. The van der Waals surface area contributed by atoms with Gasteiger partial charge in [0.2, 0.25) is 0 Å². The van der Waals surface area contributed by atoms with E-state index in [9.17, 15) is 14.4 Å². The van der Waals surface area contributed by atoms with Gasteiger partial charge in [0, 0.05) is 25.2 Å². The molecule has 0 N–H and O–H groups in total. The van der Waals surface area contributed by atoms with Gasteiger partial charge in [-0.05, 0) is 12.8 Å². The van der Waals surface area contributed by atoms with Crippen molar-refractivity contribution < 1.29 is 28.6 Å². The van der Waals surface area contributed by atoms with Gasteiger partial charge in [0.25, 0.3) is 0 Å². The fourth-order valence-corrected chi connectivity index (χ4v) is 3.30. The average Bonchev–Trinajstić information content (AvgIpc) is 3.35. The molecular weight excluding hydrogens is 424 g/mol. The molecule has 0 saturated heterocycles. The molecule has 1 heterocycles. The minimum atomic E-state index is -0.873. The summed E-state index contributed by atoms with van der Waals surface area (Å²) in [6.07, 6.45) is 16.2. The lowest BCUT2D eigenvalue weighted by atomic mass is 10.1. The van der Waals surface area contributed by atoms with Crippen LogP contribution < -0.4 is 0 Å². The van der Waals surface area contributed by atoms with E-state index in [1.807, 2.05) is 0 Å². The van der Waals surface area contributed by atoms with Gasteiger partial charge < -0.3 is 14.2 Å². The smallest absolute Gasteiger partial charge is 0.419 e. The van der Waals surface area contributed by atoms with Gasteiger partial charge in [0.15, 0.2) is 6.10 Å². The van der Waals surface area contributed by atoms with E-state index < -0.39 is 12.2 Å². The summed E-state index contributed by atoms with van der Waals surface area (Å²) in [5, 5.41) is 0. The number of nitrogens with zero attached hydrogens (tertiary/aromatic N) is 2. The van der Waals surface area contributed by atoms with Crippen LogP contribution in [0.25, 0.3) is 0 Å². The fraction of sp³-hybridized carbons (Fsp3) is 0.760. The first kappa shape index (κ1) is 28.7. The lowest BCUT2D eigenvalue weighted by Gasteiger charge is -2.18. The van der Waals surface area contributed by atoms with Crippen LogP contribution in [0.15, 0.2) is 18.7 Å². The molecule has 1 aromatic heterocycles. The zero-order chi connectivity index (χ0) is 24.2. The van der Waals surface area contributed by atoms with Gasteiger partial charge in [-0.3, -0.25) is 9.59 Å². The summed E-state index contributed by atoms with van der Waals surface area (Å²) in [7, 11) is 0. The molecule has 0 aliphatic heterocycles. The number of esters is 2. The summed E-state index contributed by atoms with van der Waals surface area (Å²) in [6.45, 7) is 4.03. The molecule has 8 nitrogen and oxygen atoms in total. The number of unbranched alkanes of at least 4 members (excludes halogenated alkanes) is 10.